The third kappa shape index (κ3) is 1.23. The summed E-state index contributed by atoms with van der Waals surface area (Å²) in [6.45, 7) is 0. The molecule has 2 rings (SSSR count). The van der Waals surface area contributed by atoms with E-state index in [0.717, 1.165) is 10.5 Å². The van der Waals surface area contributed by atoms with Gasteiger partial charge >= 0.3 is 0 Å². The van der Waals surface area contributed by atoms with E-state index in [9.17, 15) is 0 Å². The summed E-state index contributed by atoms with van der Waals surface area (Å²) < 4.78 is 1.21. The fourth-order valence-corrected chi connectivity index (χ4v) is 2.03. The molecular weight excluding hydrogens is 176 g/mol. The van der Waals surface area contributed by atoms with E-state index >= 15 is 0 Å². The first-order valence-electron chi connectivity index (χ1n) is 3.15. The largest absolute Gasteiger partial charge is 0.149 e. The predicted molar refractivity (Wildman–Crippen MR) is 49.2 cm³/mol. The van der Waals surface area contributed by atoms with E-state index in [0.29, 0.717) is 0 Å². The topological polar surface area (TPSA) is 25.8 Å². The molecule has 0 saturated carbocycles. The van der Waals surface area contributed by atoms with Gasteiger partial charge in [-0.15, -0.1) is 33.3 Å². The van der Waals surface area contributed by atoms with Crippen LogP contribution >= 0.6 is 23.1 Å². The highest BCUT2D eigenvalue weighted by molar-refractivity contribution is 7.98. The minimum Gasteiger partial charge on any atom is -0.149 e. The number of hydrogen-bond acceptors (Lipinski definition) is 4. The molecule has 2 aromatic rings. The molecule has 2 nitrogen and oxygen atoms in total. The SMILES string of the molecule is CSc1cc2sccc2nn1. The molecule has 56 valence electrons. The standard InChI is InChI=1S/C7H6N2S2/c1-10-7-4-6-5(8-9-7)2-3-11-6/h2-4H,1H3. The van der Waals surface area contributed by atoms with Crippen LogP contribution in [0.1, 0.15) is 0 Å². The lowest BCUT2D eigenvalue weighted by atomic mass is 10.5. The minimum atomic E-state index is 0.986. The Bertz CT molecular complexity index is 369. The molecule has 0 N–H and O–H groups in total. The summed E-state index contributed by atoms with van der Waals surface area (Å²) in [5.41, 5.74) is 0.993. The van der Waals surface area contributed by atoms with E-state index in [1.165, 1.54) is 4.70 Å². The average Bonchev–Trinajstić information content (AvgIpc) is 2.50. The summed E-state index contributed by atoms with van der Waals surface area (Å²) >= 11 is 3.32. The number of hydrogen-bond donors (Lipinski definition) is 0. The van der Waals surface area contributed by atoms with Crippen molar-refractivity contribution < 1.29 is 0 Å². The molecule has 2 heterocycles. The van der Waals surface area contributed by atoms with Crippen LogP contribution in [0.5, 0.6) is 0 Å². The zero-order chi connectivity index (χ0) is 7.68. The molecule has 0 aliphatic carbocycles. The summed E-state index contributed by atoms with van der Waals surface area (Å²) in [4.78, 5) is 0. The van der Waals surface area contributed by atoms with Crippen LogP contribution in [0.4, 0.5) is 0 Å². The quantitative estimate of drug-likeness (QED) is 0.633. The zero-order valence-corrected chi connectivity index (χ0v) is 7.58. The number of thioether (sulfide) groups is 1. The molecule has 0 radical (unpaired) electrons. The van der Waals surface area contributed by atoms with Gasteiger partial charge in [-0.25, -0.2) is 0 Å². The van der Waals surface area contributed by atoms with Gasteiger partial charge < -0.3 is 0 Å². The predicted octanol–water partition coefficient (Wildman–Crippen LogP) is 2.41. The van der Waals surface area contributed by atoms with Crippen LogP contribution in [0, 0.1) is 0 Å². The number of nitrogens with zero attached hydrogens (tertiary/aromatic N) is 2. The lowest BCUT2D eigenvalue weighted by Gasteiger charge is -1.91. The zero-order valence-electron chi connectivity index (χ0n) is 5.94. The summed E-state index contributed by atoms with van der Waals surface area (Å²) in [7, 11) is 0. The van der Waals surface area contributed by atoms with Crippen LogP contribution in [0.2, 0.25) is 0 Å². The third-order valence-corrected chi connectivity index (χ3v) is 2.86. The monoisotopic (exact) mass is 182 g/mol. The lowest BCUT2D eigenvalue weighted by Crippen LogP contribution is -1.82. The fraction of sp³-hybridized carbons (Fsp3) is 0.143. The molecule has 0 spiro atoms. The van der Waals surface area contributed by atoms with Gasteiger partial charge in [0.15, 0.2) is 0 Å². The van der Waals surface area contributed by atoms with Crippen LogP contribution < -0.4 is 0 Å². The number of fused-ring (bicyclic) bond motifs is 1. The second-order valence-electron chi connectivity index (χ2n) is 2.06. The number of aromatic nitrogens is 2. The van der Waals surface area contributed by atoms with Gasteiger partial charge in [-0.05, 0) is 23.8 Å². The number of rotatable bonds is 1. The Morgan fingerprint density at radius 2 is 2.36 bits per heavy atom. The fourth-order valence-electron chi connectivity index (χ4n) is 0.849. The van der Waals surface area contributed by atoms with Gasteiger partial charge in [-0.2, -0.15) is 0 Å². The summed E-state index contributed by atoms with van der Waals surface area (Å²) in [5.74, 6) is 0. The van der Waals surface area contributed by atoms with Crippen molar-refractivity contribution in [1.82, 2.24) is 10.2 Å². The van der Waals surface area contributed by atoms with Crippen LogP contribution in [-0.2, 0) is 0 Å². The average molecular weight is 182 g/mol. The van der Waals surface area contributed by atoms with Crippen molar-refractivity contribution in [2.75, 3.05) is 6.26 Å². The minimum absolute atomic E-state index is 0.986. The van der Waals surface area contributed by atoms with Crippen LogP contribution in [-0.4, -0.2) is 16.5 Å². The van der Waals surface area contributed by atoms with Gasteiger partial charge in [0.2, 0.25) is 0 Å². The van der Waals surface area contributed by atoms with Gasteiger partial charge in [0.1, 0.15) is 10.5 Å². The highest BCUT2D eigenvalue weighted by atomic mass is 32.2. The van der Waals surface area contributed by atoms with E-state index in [1.54, 1.807) is 23.1 Å². The van der Waals surface area contributed by atoms with Gasteiger partial charge in [0.05, 0.1) is 4.70 Å². The maximum Gasteiger partial charge on any atom is 0.120 e. The molecule has 0 aromatic carbocycles. The second kappa shape index (κ2) is 2.79. The summed E-state index contributed by atoms with van der Waals surface area (Å²) in [5, 5.41) is 11.1. The Balaban J connectivity index is 2.67. The third-order valence-electron chi connectivity index (χ3n) is 1.39. The van der Waals surface area contributed by atoms with E-state index in [4.69, 9.17) is 0 Å². The van der Waals surface area contributed by atoms with Crippen molar-refractivity contribution in [2.24, 2.45) is 0 Å². The molecule has 4 heteroatoms. The molecule has 0 bridgehead atoms. The second-order valence-corrected chi connectivity index (χ2v) is 3.83. The first kappa shape index (κ1) is 7.06. The Morgan fingerprint density at radius 1 is 1.45 bits per heavy atom. The van der Waals surface area contributed by atoms with Crippen molar-refractivity contribution >= 4 is 33.3 Å². The summed E-state index contributed by atoms with van der Waals surface area (Å²) in [6, 6.07) is 4.05. The smallest absolute Gasteiger partial charge is 0.120 e. The Hall–Kier alpha value is -0.610. The highest BCUT2D eigenvalue weighted by Crippen LogP contribution is 2.21. The Labute approximate surface area is 72.6 Å². The van der Waals surface area contributed by atoms with Crippen LogP contribution in [0.3, 0.4) is 0 Å². The number of thiophene rings is 1. The van der Waals surface area contributed by atoms with Gasteiger partial charge in [-0.1, -0.05) is 0 Å². The molecule has 0 atom stereocenters. The molecule has 0 unspecified atom stereocenters. The van der Waals surface area contributed by atoms with Crippen LogP contribution in [0.15, 0.2) is 22.5 Å². The molecular formula is C7H6N2S2. The molecule has 0 fully saturated rings. The first-order valence-corrected chi connectivity index (χ1v) is 5.25. The normalized spacial score (nSPS) is 10.6. The maximum absolute atomic E-state index is 4.05. The first-order chi connectivity index (χ1) is 5.40. The molecule has 0 amide bonds. The van der Waals surface area contributed by atoms with Crippen LogP contribution in [0.25, 0.3) is 10.2 Å². The highest BCUT2D eigenvalue weighted by Gasteiger charge is 1.97. The Kier molecular flexibility index (Phi) is 1.79. The molecule has 11 heavy (non-hydrogen) atoms. The molecule has 2 aromatic heterocycles. The maximum atomic E-state index is 4.05. The van der Waals surface area contributed by atoms with E-state index in [1.807, 2.05) is 17.7 Å². The van der Waals surface area contributed by atoms with Crippen molar-refractivity contribution in [3.05, 3.63) is 17.5 Å². The van der Waals surface area contributed by atoms with Gasteiger partial charge in [0.25, 0.3) is 0 Å². The molecule has 0 aliphatic rings. The van der Waals surface area contributed by atoms with Crippen molar-refractivity contribution in [1.29, 1.82) is 0 Å². The van der Waals surface area contributed by atoms with Crippen molar-refractivity contribution in [3.8, 4) is 0 Å². The Morgan fingerprint density at radius 3 is 3.18 bits per heavy atom. The molecule has 0 saturated heterocycles. The van der Waals surface area contributed by atoms with E-state index in [2.05, 4.69) is 16.3 Å². The van der Waals surface area contributed by atoms with Crippen molar-refractivity contribution in [3.63, 3.8) is 0 Å². The molecule has 0 aliphatic heterocycles. The van der Waals surface area contributed by atoms with Gasteiger partial charge in [-0.3, -0.25) is 0 Å². The van der Waals surface area contributed by atoms with Crippen molar-refractivity contribution in [2.45, 2.75) is 5.03 Å². The van der Waals surface area contributed by atoms with E-state index in [-0.39, 0.29) is 0 Å². The van der Waals surface area contributed by atoms with Gasteiger partial charge in [0, 0.05) is 0 Å². The van der Waals surface area contributed by atoms with E-state index < -0.39 is 0 Å². The lowest BCUT2D eigenvalue weighted by molar-refractivity contribution is 0.970. The summed E-state index contributed by atoms with van der Waals surface area (Å²) in [6.07, 6.45) is 2.00.